The summed E-state index contributed by atoms with van der Waals surface area (Å²) in [6.45, 7) is 0.561. The quantitative estimate of drug-likeness (QED) is 0.837. The maximum Gasteiger partial charge on any atom is 0.265 e. The van der Waals surface area contributed by atoms with Crippen molar-refractivity contribution in [2.24, 2.45) is 0 Å². The van der Waals surface area contributed by atoms with Gasteiger partial charge in [-0.25, -0.2) is 0 Å². The van der Waals surface area contributed by atoms with E-state index in [1.165, 1.54) is 4.90 Å². The SMILES string of the molecule is O=C1COc2ccccc2N1CC(=O)N(Cc1ccncc1)C1CC1. The minimum Gasteiger partial charge on any atom is -0.482 e. The summed E-state index contributed by atoms with van der Waals surface area (Å²) in [5.41, 5.74) is 1.70. The molecule has 2 aromatic rings. The molecule has 1 fully saturated rings. The van der Waals surface area contributed by atoms with Crippen molar-refractivity contribution in [1.29, 1.82) is 0 Å². The number of hydrogen-bond donors (Lipinski definition) is 0. The standard InChI is InChI=1S/C19H19N3O3/c23-18(21(15-5-6-15)11-14-7-9-20-10-8-14)12-22-16-3-1-2-4-17(16)25-13-19(22)24/h1-4,7-10,15H,5-6,11-13H2. The molecule has 0 bridgehead atoms. The Labute approximate surface area is 146 Å². The Morgan fingerprint density at radius 1 is 1.20 bits per heavy atom. The smallest absolute Gasteiger partial charge is 0.265 e. The van der Waals surface area contributed by atoms with Crippen molar-refractivity contribution in [1.82, 2.24) is 9.88 Å². The van der Waals surface area contributed by atoms with Gasteiger partial charge in [-0.2, -0.15) is 0 Å². The number of benzene rings is 1. The zero-order valence-electron chi connectivity index (χ0n) is 13.8. The molecule has 0 saturated heterocycles. The van der Waals surface area contributed by atoms with E-state index in [1.54, 1.807) is 12.4 Å². The van der Waals surface area contributed by atoms with Crippen LogP contribution in [0.4, 0.5) is 5.69 Å². The highest BCUT2D eigenvalue weighted by Gasteiger charge is 2.35. The van der Waals surface area contributed by atoms with Crippen LogP contribution in [-0.2, 0) is 16.1 Å². The predicted octanol–water partition coefficient (Wildman–Crippen LogP) is 2.00. The molecular weight excluding hydrogens is 318 g/mol. The van der Waals surface area contributed by atoms with Gasteiger partial charge in [-0.15, -0.1) is 0 Å². The number of aromatic nitrogens is 1. The predicted molar refractivity (Wildman–Crippen MR) is 92.1 cm³/mol. The lowest BCUT2D eigenvalue weighted by atomic mass is 10.2. The Bertz CT molecular complexity index is 790. The maximum absolute atomic E-state index is 12.9. The van der Waals surface area contributed by atoms with E-state index in [9.17, 15) is 9.59 Å². The van der Waals surface area contributed by atoms with E-state index >= 15 is 0 Å². The first-order chi connectivity index (χ1) is 12.2. The van der Waals surface area contributed by atoms with E-state index in [2.05, 4.69) is 4.98 Å². The number of hydrogen-bond acceptors (Lipinski definition) is 4. The lowest BCUT2D eigenvalue weighted by molar-refractivity contribution is -0.133. The second-order valence-corrected chi connectivity index (χ2v) is 6.34. The number of nitrogens with zero attached hydrogens (tertiary/aromatic N) is 3. The van der Waals surface area contributed by atoms with Crippen LogP contribution in [0, 0.1) is 0 Å². The normalized spacial score (nSPS) is 16.2. The molecule has 6 nitrogen and oxygen atoms in total. The van der Waals surface area contributed by atoms with Gasteiger partial charge in [0.25, 0.3) is 5.91 Å². The molecule has 0 N–H and O–H groups in total. The van der Waals surface area contributed by atoms with Crippen LogP contribution in [-0.4, -0.2) is 40.9 Å². The monoisotopic (exact) mass is 337 g/mol. The minimum atomic E-state index is -0.188. The van der Waals surface area contributed by atoms with Gasteiger partial charge in [-0.3, -0.25) is 19.5 Å². The lowest BCUT2D eigenvalue weighted by Gasteiger charge is -2.31. The number of carbonyl (C=O) groups is 2. The number of amides is 2. The Balaban J connectivity index is 1.53. The summed E-state index contributed by atoms with van der Waals surface area (Å²) >= 11 is 0. The van der Waals surface area contributed by atoms with Crippen molar-refractivity contribution in [3.05, 3.63) is 54.4 Å². The second-order valence-electron chi connectivity index (χ2n) is 6.34. The molecule has 0 radical (unpaired) electrons. The molecule has 1 saturated carbocycles. The molecule has 0 spiro atoms. The third kappa shape index (κ3) is 3.33. The average molecular weight is 337 g/mol. The van der Waals surface area contributed by atoms with Crippen LogP contribution < -0.4 is 9.64 Å². The van der Waals surface area contributed by atoms with E-state index in [1.807, 2.05) is 41.3 Å². The Kier molecular flexibility index (Phi) is 4.09. The molecule has 2 heterocycles. The molecule has 2 aliphatic rings. The van der Waals surface area contributed by atoms with Crippen LogP contribution in [0.2, 0.25) is 0 Å². The molecule has 1 aliphatic heterocycles. The summed E-state index contributed by atoms with van der Waals surface area (Å²) in [6.07, 6.45) is 5.49. The zero-order chi connectivity index (χ0) is 17.2. The number of pyridine rings is 1. The molecular formula is C19H19N3O3. The number of fused-ring (bicyclic) bond motifs is 1. The third-order valence-electron chi connectivity index (χ3n) is 4.51. The molecule has 4 rings (SSSR count). The molecule has 0 unspecified atom stereocenters. The average Bonchev–Trinajstić information content (AvgIpc) is 3.48. The van der Waals surface area contributed by atoms with Crippen LogP contribution >= 0.6 is 0 Å². The van der Waals surface area contributed by atoms with Crippen molar-refractivity contribution in [3.63, 3.8) is 0 Å². The van der Waals surface area contributed by atoms with Crippen LogP contribution in [0.5, 0.6) is 5.75 Å². The largest absolute Gasteiger partial charge is 0.482 e. The summed E-state index contributed by atoms with van der Waals surface area (Å²) in [5, 5.41) is 0. The van der Waals surface area contributed by atoms with E-state index < -0.39 is 0 Å². The zero-order valence-corrected chi connectivity index (χ0v) is 13.8. The molecule has 1 aliphatic carbocycles. The van der Waals surface area contributed by atoms with Gasteiger partial charge in [-0.05, 0) is 42.7 Å². The van der Waals surface area contributed by atoms with E-state index in [0.29, 0.717) is 18.0 Å². The fourth-order valence-corrected chi connectivity index (χ4v) is 3.05. The van der Waals surface area contributed by atoms with Crippen molar-refractivity contribution in [3.8, 4) is 5.75 Å². The summed E-state index contributed by atoms with van der Waals surface area (Å²) < 4.78 is 5.44. The number of carbonyl (C=O) groups excluding carboxylic acids is 2. The number of ether oxygens (including phenoxy) is 1. The van der Waals surface area contributed by atoms with Gasteiger partial charge in [0, 0.05) is 25.0 Å². The Hall–Kier alpha value is -2.89. The maximum atomic E-state index is 12.9. The second kappa shape index (κ2) is 6.55. The van der Waals surface area contributed by atoms with Crippen LogP contribution in [0.1, 0.15) is 18.4 Å². The van der Waals surface area contributed by atoms with Gasteiger partial charge in [0.2, 0.25) is 5.91 Å². The fourth-order valence-electron chi connectivity index (χ4n) is 3.05. The first-order valence-electron chi connectivity index (χ1n) is 8.43. The molecule has 2 amide bonds. The summed E-state index contributed by atoms with van der Waals surface area (Å²) in [7, 11) is 0. The Morgan fingerprint density at radius 2 is 1.96 bits per heavy atom. The molecule has 6 heteroatoms. The first kappa shape index (κ1) is 15.6. The summed E-state index contributed by atoms with van der Waals surface area (Å²) in [5.74, 6) is 0.415. The van der Waals surface area contributed by atoms with E-state index in [0.717, 1.165) is 18.4 Å². The van der Waals surface area contributed by atoms with Gasteiger partial charge < -0.3 is 9.64 Å². The van der Waals surface area contributed by atoms with Crippen molar-refractivity contribution in [2.45, 2.75) is 25.4 Å². The molecule has 0 atom stereocenters. The highest BCUT2D eigenvalue weighted by Crippen LogP contribution is 2.33. The molecule has 1 aromatic carbocycles. The lowest BCUT2D eigenvalue weighted by Crippen LogP contribution is -2.46. The minimum absolute atomic E-state index is 0.0297. The molecule has 1 aromatic heterocycles. The number of para-hydroxylation sites is 2. The van der Waals surface area contributed by atoms with E-state index in [4.69, 9.17) is 4.74 Å². The van der Waals surface area contributed by atoms with Gasteiger partial charge in [-0.1, -0.05) is 12.1 Å². The van der Waals surface area contributed by atoms with Gasteiger partial charge in [0.15, 0.2) is 6.61 Å². The van der Waals surface area contributed by atoms with Gasteiger partial charge in [0.1, 0.15) is 12.3 Å². The van der Waals surface area contributed by atoms with Crippen molar-refractivity contribution >= 4 is 17.5 Å². The fraction of sp³-hybridized carbons (Fsp3) is 0.316. The van der Waals surface area contributed by atoms with Gasteiger partial charge in [0.05, 0.1) is 5.69 Å². The highest BCUT2D eigenvalue weighted by atomic mass is 16.5. The number of rotatable bonds is 5. The van der Waals surface area contributed by atoms with Gasteiger partial charge >= 0.3 is 0 Å². The number of anilines is 1. The molecule has 25 heavy (non-hydrogen) atoms. The summed E-state index contributed by atoms with van der Waals surface area (Å²) in [6, 6.07) is 11.4. The van der Waals surface area contributed by atoms with Crippen molar-refractivity contribution < 1.29 is 14.3 Å². The van der Waals surface area contributed by atoms with Crippen LogP contribution in [0.3, 0.4) is 0 Å². The van der Waals surface area contributed by atoms with Crippen LogP contribution in [0.25, 0.3) is 0 Å². The van der Waals surface area contributed by atoms with Crippen LogP contribution in [0.15, 0.2) is 48.8 Å². The molecule has 128 valence electrons. The highest BCUT2D eigenvalue weighted by molar-refractivity contribution is 6.02. The van der Waals surface area contributed by atoms with E-state index in [-0.39, 0.29) is 31.0 Å². The van der Waals surface area contributed by atoms with Crippen molar-refractivity contribution in [2.75, 3.05) is 18.1 Å². The summed E-state index contributed by atoms with van der Waals surface area (Å²) in [4.78, 5) is 32.6. The first-order valence-corrected chi connectivity index (χ1v) is 8.43. The Morgan fingerprint density at radius 3 is 2.72 bits per heavy atom. The third-order valence-corrected chi connectivity index (χ3v) is 4.51. The topological polar surface area (TPSA) is 62.7 Å².